The summed E-state index contributed by atoms with van der Waals surface area (Å²) in [7, 11) is -3.54. The lowest BCUT2D eigenvalue weighted by Gasteiger charge is -2.19. The summed E-state index contributed by atoms with van der Waals surface area (Å²) in [6.45, 7) is 6.05. The van der Waals surface area contributed by atoms with Crippen LogP contribution in [0.25, 0.3) is 0 Å². The van der Waals surface area contributed by atoms with Crippen molar-refractivity contribution in [3.63, 3.8) is 0 Å². The third-order valence-electron chi connectivity index (χ3n) is 4.26. The third kappa shape index (κ3) is 4.66. The lowest BCUT2D eigenvalue weighted by Crippen LogP contribution is -2.30. The molecular formula is C19H22ClFN2O3S. The van der Waals surface area contributed by atoms with Gasteiger partial charge in [0.15, 0.2) is 0 Å². The predicted octanol–water partition coefficient (Wildman–Crippen LogP) is 4.00. The Morgan fingerprint density at radius 2 is 1.74 bits per heavy atom. The molecule has 0 saturated heterocycles. The first kappa shape index (κ1) is 21.3. The molecule has 1 N–H and O–H groups in total. The molecule has 0 heterocycles. The average molecular weight is 413 g/mol. The summed E-state index contributed by atoms with van der Waals surface area (Å²) in [5, 5.41) is 2.70. The first-order valence-corrected chi connectivity index (χ1v) is 10.4. The van der Waals surface area contributed by atoms with Crippen molar-refractivity contribution in [3.05, 3.63) is 64.4 Å². The molecule has 2 rings (SSSR count). The van der Waals surface area contributed by atoms with E-state index in [1.54, 1.807) is 32.9 Å². The highest BCUT2D eigenvalue weighted by Gasteiger charge is 2.22. The minimum absolute atomic E-state index is 0.0281. The fourth-order valence-corrected chi connectivity index (χ4v) is 4.41. The van der Waals surface area contributed by atoms with Crippen molar-refractivity contribution in [2.75, 3.05) is 13.1 Å². The molecule has 0 spiro atoms. The normalized spacial score (nSPS) is 12.8. The fourth-order valence-electron chi connectivity index (χ4n) is 2.71. The predicted molar refractivity (Wildman–Crippen MR) is 104 cm³/mol. The molecule has 146 valence electrons. The summed E-state index contributed by atoms with van der Waals surface area (Å²) in [5.41, 5.74) is 0.473. The van der Waals surface area contributed by atoms with E-state index >= 15 is 0 Å². The molecule has 0 aliphatic heterocycles. The number of carbonyl (C=O) groups is 1. The maximum atomic E-state index is 13.9. The van der Waals surface area contributed by atoms with Crippen LogP contribution in [0.3, 0.4) is 0 Å². The molecule has 8 heteroatoms. The molecule has 1 atom stereocenters. The van der Waals surface area contributed by atoms with Crippen LogP contribution in [0.1, 0.15) is 42.7 Å². The van der Waals surface area contributed by atoms with Gasteiger partial charge in [-0.15, -0.1) is 0 Å². The molecular weight excluding hydrogens is 391 g/mol. The van der Waals surface area contributed by atoms with Crippen molar-refractivity contribution in [1.29, 1.82) is 0 Å². The first-order chi connectivity index (χ1) is 12.7. The number of rotatable bonds is 7. The maximum absolute atomic E-state index is 13.9. The van der Waals surface area contributed by atoms with Gasteiger partial charge in [0.25, 0.3) is 5.91 Å². The number of carbonyl (C=O) groups excluding carboxylic acids is 1. The van der Waals surface area contributed by atoms with E-state index in [0.717, 1.165) is 0 Å². The number of hydrogen-bond acceptors (Lipinski definition) is 3. The average Bonchev–Trinajstić information content (AvgIpc) is 2.62. The Bertz CT molecular complexity index is 893. The number of nitrogens with zero attached hydrogens (tertiary/aromatic N) is 1. The highest BCUT2D eigenvalue weighted by molar-refractivity contribution is 7.89. The van der Waals surface area contributed by atoms with Crippen LogP contribution in [-0.2, 0) is 10.0 Å². The van der Waals surface area contributed by atoms with Gasteiger partial charge in [-0.3, -0.25) is 4.79 Å². The van der Waals surface area contributed by atoms with E-state index < -0.39 is 27.8 Å². The Kier molecular flexibility index (Phi) is 6.97. The van der Waals surface area contributed by atoms with E-state index in [0.29, 0.717) is 18.7 Å². The Hall–Kier alpha value is -1.96. The van der Waals surface area contributed by atoms with Gasteiger partial charge in [-0.25, -0.2) is 12.8 Å². The zero-order valence-corrected chi connectivity index (χ0v) is 16.9. The largest absolute Gasteiger partial charge is 0.345 e. The number of hydrogen-bond donors (Lipinski definition) is 1. The van der Waals surface area contributed by atoms with Crippen molar-refractivity contribution < 1.29 is 17.6 Å². The van der Waals surface area contributed by atoms with Gasteiger partial charge in [-0.1, -0.05) is 43.6 Å². The SMILES string of the molecule is CCN(CC)S(=O)(=O)c1ccc(C(C)NC(=O)c2c(F)cccc2Cl)cc1. The highest BCUT2D eigenvalue weighted by Crippen LogP contribution is 2.22. The molecule has 0 fully saturated rings. The number of halogens is 2. The van der Waals surface area contributed by atoms with Gasteiger partial charge in [0.05, 0.1) is 21.5 Å². The van der Waals surface area contributed by atoms with E-state index in [1.807, 2.05) is 0 Å². The second kappa shape index (κ2) is 8.82. The molecule has 0 bridgehead atoms. The Labute approximate surface area is 164 Å². The summed E-state index contributed by atoms with van der Waals surface area (Å²) >= 11 is 5.91. The van der Waals surface area contributed by atoms with Crippen LogP contribution in [0.4, 0.5) is 4.39 Å². The van der Waals surface area contributed by atoms with Crippen molar-refractivity contribution in [1.82, 2.24) is 9.62 Å². The van der Waals surface area contributed by atoms with Crippen LogP contribution < -0.4 is 5.32 Å². The second-order valence-corrected chi connectivity index (χ2v) is 8.30. The Morgan fingerprint density at radius 1 is 1.15 bits per heavy atom. The number of sulfonamides is 1. The zero-order valence-electron chi connectivity index (χ0n) is 15.4. The van der Waals surface area contributed by atoms with Crippen molar-refractivity contribution in [2.45, 2.75) is 31.7 Å². The van der Waals surface area contributed by atoms with E-state index in [-0.39, 0.29) is 15.5 Å². The zero-order chi connectivity index (χ0) is 20.2. The minimum atomic E-state index is -3.54. The molecule has 1 amide bonds. The Balaban J connectivity index is 2.19. The maximum Gasteiger partial charge on any atom is 0.256 e. The summed E-state index contributed by atoms with van der Waals surface area (Å²) < 4.78 is 40.3. The van der Waals surface area contributed by atoms with E-state index in [1.165, 1.54) is 34.6 Å². The molecule has 0 aromatic heterocycles. The quantitative estimate of drug-likeness (QED) is 0.747. The van der Waals surface area contributed by atoms with Crippen LogP contribution in [0.2, 0.25) is 5.02 Å². The fraction of sp³-hybridized carbons (Fsp3) is 0.316. The molecule has 0 radical (unpaired) electrons. The molecule has 0 aliphatic carbocycles. The van der Waals surface area contributed by atoms with Crippen LogP contribution >= 0.6 is 11.6 Å². The first-order valence-electron chi connectivity index (χ1n) is 8.57. The van der Waals surface area contributed by atoms with Crippen molar-refractivity contribution in [2.24, 2.45) is 0 Å². The second-order valence-electron chi connectivity index (χ2n) is 5.95. The van der Waals surface area contributed by atoms with Crippen LogP contribution in [0.15, 0.2) is 47.4 Å². The van der Waals surface area contributed by atoms with Crippen LogP contribution in [0.5, 0.6) is 0 Å². The molecule has 1 unspecified atom stereocenters. The molecule has 2 aromatic rings. The smallest absolute Gasteiger partial charge is 0.256 e. The number of nitrogens with one attached hydrogen (secondary N) is 1. The van der Waals surface area contributed by atoms with Gasteiger partial charge in [0, 0.05) is 13.1 Å². The number of amides is 1. The highest BCUT2D eigenvalue weighted by atomic mass is 35.5. The lowest BCUT2D eigenvalue weighted by molar-refractivity contribution is 0.0936. The summed E-state index contributed by atoms with van der Waals surface area (Å²) in [5.74, 6) is -1.33. The summed E-state index contributed by atoms with van der Waals surface area (Å²) in [4.78, 5) is 12.5. The molecule has 0 saturated carbocycles. The van der Waals surface area contributed by atoms with Gasteiger partial charge in [-0.2, -0.15) is 4.31 Å². The number of benzene rings is 2. The van der Waals surface area contributed by atoms with Gasteiger partial charge in [0.2, 0.25) is 10.0 Å². The van der Waals surface area contributed by atoms with Crippen molar-refractivity contribution >= 4 is 27.5 Å². The molecule has 5 nitrogen and oxygen atoms in total. The molecule has 2 aromatic carbocycles. The third-order valence-corrected chi connectivity index (χ3v) is 6.64. The standard InChI is InChI=1S/C19H22ClFN2O3S/c1-4-23(5-2)27(25,26)15-11-9-14(10-12-15)13(3)22-19(24)18-16(20)7-6-8-17(18)21/h6-13H,4-5H2,1-3H3,(H,22,24). The molecule has 27 heavy (non-hydrogen) atoms. The van der Waals surface area contributed by atoms with E-state index in [2.05, 4.69) is 5.32 Å². The van der Waals surface area contributed by atoms with Gasteiger partial charge in [0.1, 0.15) is 5.82 Å². The molecule has 0 aliphatic rings. The van der Waals surface area contributed by atoms with Crippen molar-refractivity contribution in [3.8, 4) is 0 Å². The lowest BCUT2D eigenvalue weighted by atomic mass is 10.1. The summed E-state index contributed by atoms with van der Waals surface area (Å²) in [6.07, 6.45) is 0. The van der Waals surface area contributed by atoms with Crippen LogP contribution in [-0.4, -0.2) is 31.7 Å². The van der Waals surface area contributed by atoms with Crippen LogP contribution in [0, 0.1) is 5.82 Å². The van der Waals surface area contributed by atoms with E-state index in [9.17, 15) is 17.6 Å². The Morgan fingerprint density at radius 3 is 2.26 bits per heavy atom. The monoisotopic (exact) mass is 412 g/mol. The minimum Gasteiger partial charge on any atom is -0.345 e. The van der Waals surface area contributed by atoms with Gasteiger partial charge in [-0.05, 0) is 36.8 Å². The van der Waals surface area contributed by atoms with Gasteiger partial charge < -0.3 is 5.32 Å². The van der Waals surface area contributed by atoms with E-state index in [4.69, 9.17) is 11.6 Å². The summed E-state index contributed by atoms with van der Waals surface area (Å²) in [6, 6.07) is 9.83. The van der Waals surface area contributed by atoms with Gasteiger partial charge >= 0.3 is 0 Å². The topological polar surface area (TPSA) is 66.5 Å².